The van der Waals surface area contributed by atoms with Gasteiger partial charge in [-0.25, -0.2) is 0 Å². The molecule has 1 saturated heterocycles. The van der Waals surface area contributed by atoms with Crippen LogP contribution < -0.4 is 0 Å². The summed E-state index contributed by atoms with van der Waals surface area (Å²) in [7, 11) is 0. The Kier molecular flexibility index (Phi) is 4.02. The van der Waals surface area contributed by atoms with Crippen molar-refractivity contribution in [2.75, 3.05) is 18.1 Å². The minimum absolute atomic E-state index is 0.00723. The molecule has 1 rings (SSSR count). The maximum atomic E-state index is 11.3. The van der Waals surface area contributed by atoms with Crippen LogP contribution in [-0.2, 0) is 14.3 Å². The SMILES string of the molecule is C=CCOC(=O)C1CSCCC1=O. The van der Waals surface area contributed by atoms with Crippen LogP contribution in [0.15, 0.2) is 12.7 Å². The van der Waals surface area contributed by atoms with Gasteiger partial charge in [-0.05, 0) is 0 Å². The molecule has 0 saturated carbocycles. The molecule has 1 atom stereocenters. The number of thioether (sulfide) groups is 1. The summed E-state index contributed by atoms with van der Waals surface area (Å²) < 4.78 is 4.81. The summed E-state index contributed by atoms with van der Waals surface area (Å²) >= 11 is 1.62. The summed E-state index contributed by atoms with van der Waals surface area (Å²) in [6.45, 7) is 3.62. The molecular weight excluding hydrogens is 188 g/mol. The van der Waals surface area contributed by atoms with Gasteiger partial charge in [0.2, 0.25) is 0 Å². The highest BCUT2D eigenvalue weighted by Crippen LogP contribution is 2.20. The maximum Gasteiger partial charge on any atom is 0.317 e. The molecule has 1 aliphatic rings. The van der Waals surface area contributed by atoms with Crippen molar-refractivity contribution in [3.8, 4) is 0 Å². The van der Waals surface area contributed by atoms with E-state index in [4.69, 9.17) is 4.74 Å². The van der Waals surface area contributed by atoms with E-state index in [1.165, 1.54) is 6.08 Å². The van der Waals surface area contributed by atoms with Gasteiger partial charge >= 0.3 is 5.97 Å². The lowest BCUT2D eigenvalue weighted by Gasteiger charge is -2.18. The Morgan fingerprint density at radius 2 is 2.54 bits per heavy atom. The lowest BCUT2D eigenvalue weighted by Crippen LogP contribution is -2.31. The molecule has 0 radical (unpaired) electrons. The molecule has 0 aromatic heterocycles. The second kappa shape index (κ2) is 5.07. The molecule has 0 bridgehead atoms. The number of rotatable bonds is 3. The first-order valence-electron chi connectivity index (χ1n) is 4.13. The van der Waals surface area contributed by atoms with Gasteiger partial charge in [-0.2, -0.15) is 11.8 Å². The van der Waals surface area contributed by atoms with E-state index >= 15 is 0 Å². The molecule has 0 N–H and O–H groups in total. The van der Waals surface area contributed by atoms with Crippen LogP contribution in [-0.4, -0.2) is 29.9 Å². The van der Waals surface area contributed by atoms with Crippen LogP contribution in [0.1, 0.15) is 6.42 Å². The van der Waals surface area contributed by atoms with Crippen LogP contribution in [0.2, 0.25) is 0 Å². The Morgan fingerprint density at radius 1 is 1.77 bits per heavy atom. The number of carbonyl (C=O) groups excluding carboxylic acids is 2. The van der Waals surface area contributed by atoms with Crippen LogP contribution in [0.3, 0.4) is 0 Å². The van der Waals surface area contributed by atoms with Crippen molar-refractivity contribution >= 4 is 23.5 Å². The Bertz CT molecular complexity index is 225. The van der Waals surface area contributed by atoms with Gasteiger partial charge in [0.05, 0.1) is 0 Å². The highest BCUT2D eigenvalue weighted by Gasteiger charge is 2.30. The van der Waals surface area contributed by atoms with Crippen molar-refractivity contribution in [2.24, 2.45) is 5.92 Å². The number of ketones is 1. The Labute approximate surface area is 81.5 Å². The Hall–Kier alpha value is -0.770. The zero-order valence-electron chi connectivity index (χ0n) is 7.32. The van der Waals surface area contributed by atoms with Crippen LogP contribution in [0.4, 0.5) is 0 Å². The van der Waals surface area contributed by atoms with Crippen molar-refractivity contribution in [3.63, 3.8) is 0 Å². The van der Waals surface area contributed by atoms with Gasteiger partial charge in [-0.15, -0.1) is 0 Å². The summed E-state index contributed by atoms with van der Waals surface area (Å²) in [5.41, 5.74) is 0. The molecule has 0 spiro atoms. The van der Waals surface area contributed by atoms with Gasteiger partial charge in [-0.3, -0.25) is 9.59 Å². The van der Waals surface area contributed by atoms with Gasteiger partial charge in [0.25, 0.3) is 0 Å². The lowest BCUT2D eigenvalue weighted by atomic mass is 10.0. The summed E-state index contributed by atoms with van der Waals surface area (Å²) in [5.74, 6) is 0.447. The summed E-state index contributed by atoms with van der Waals surface area (Å²) in [6, 6.07) is 0. The largest absolute Gasteiger partial charge is 0.461 e. The third-order valence-electron chi connectivity index (χ3n) is 1.79. The lowest BCUT2D eigenvalue weighted by molar-refractivity contribution is -0.150. The van der Waals surface area contributed by atoms with E-state index in [1.54, 1.807) is 11.8 Å². The van der Waals surface area contributed by atoms with Crippen LogP contribution in [0, 0.1) is 5.92 Å². The Balaban J connectivity index is 2.43. The number of esters is 1. The molecular formula is C9H12O3S. The first-order valence-corrected chi connectivity index (χ1v) is 5.29. The minimum Gasteiger partial charge on any atom is -0.461 e. The van der Waals surface area contributed by atoms with E-state index in [2.05, 4.69) is 6.58 Å². The van der Waals surface area contributed by atoms with Gasteiger partial charge in [0, 0.05) is 17.9 Å². The third kappa shape index (κ3) is 2.88. The second-order valence-corrected chi connectivity index (χ2v) is 3.91. The highest BCUT2D eigenvalue weighted by molar-refractivity contribution is 7.99. The number of carbonyl (C=O) groups is 2. The molecule has 0 aromatic carbocycles. The zero-order chi connectivity index (χ0) is 9.68. The number of Topliss-reactive ketones (excluding diaryl/α,β-unsaturated/α-hetero) is 1. The fraction of sp³-hybridized carbons (Fsp3) is 0.556. The van der Waals surface area contributed by atoms with Gasteiger partial charge < -0.3 is 4.74 Å². The van der Waals surface area contributed by atoms with Crippen molar-refractivity contribution in [2.45, 2.75) is 6.42 Å². The summed E-state index contributed by atoms with van der Waals surface area (Å²) in [6.07, 6.45) is 1.98. The first-order chi connectivity index (χ1) is 6.25. The average Bonchev–Trinajstić information content (AvgIpc) is 2.15. The van der Waals surface area contributed by atoms with Gasteiger partial charge in [0.15, 0.2) is 0 Å². The molecule has 0 amide bonds. The van der Waals surface area contributed by atoms with E-state index in [-0.39, 0.29) is 12.4 Å². The van der Waals surface area contributed by atoms with E-state index in [0.717, 1.165) is 5.75 Å². The zero-order valence-corrected chi connectivity index (χ0v) is 8.14. The molecule has 4 heteroatoms. The monoisotopic (exact) mass is 200 g/mol. The van der Waals surface area contributed by atoms with Crippen LogP contribution in [0.5, 0.6) is 0 Å². The molecule has 1 heterocycles. The standard InChI is InChI=1S/C9H12O3S/c1-2-4-12-9(11)7-6-13-5-3-8(7)10/h2,7H,1,3-6H2. The fourth-order valence-corrected chi connectivity index (χ4v) is 2.15. The van der Waals surface area contributed by atoms with Crippen molar-refractivity contribution in [1.82, 2.24) is 0 Å². The van der Waals surface area contributed by atoms with Crippen molar-refractivity contribution in [3.05, 3.63) is 12.7 Å². The molecule has 1 fully saturated rings. The van der Waals surface area contributed by atoms with Crippen molar-refractivity contribution < 1.29 is 14.3 Å². The maximum absolute atomic E-state index is 11.3. The second-order valence-electron chi connectivity index (χ2n) is 2.76. The number of hydrogen-bond acceptors (Lipinski definition) is 4. The number of ether oxygens (including phenoxy) is 1. The fourth-order valence-electron chi connectivity index (χ4n) is 1.08. The first kappa shape index (κ1) is 10.3. The highest BCUT2D eigenvalue weighted by atomic mass is 32.2. The minimum atomic E-state index is -0.543. The molecule has 72 valence electrons. The van der Waals surface area contributed by atoms with E-state index in [9.17, 15) is 9.59 Å². The average molecular weight is 200 g/mol. The molecule has 0 aromatic rings. The van der Waals surface area contributed by atoms with Gasteiger partial charge in [0.1, 0.15) is 18.3 Å². The predicted octanol–water partition coefficient (Wildman–Crippen LogP) is 1.04. The van der Waals surface area contributed by atoms with Crippen LogP contribution in [0.25, 0.3) is 0 Å². The normalized spacial score (nSPS) is 22.5. The van der Waals surface area contributed by atoms with E-state index in [1.807, 2.05) is 0 Å². The molecule has 1 aliphatic heterocycles. The number of hydrogen-bond donors (Lipinski definition) is 0. The topological polar surface area (TPSA) is 43.4 Å². The third-order valence-corrected chi connectivity index (χ3v) is 2.86. The summed E-state index contributed by atoms with van der Waals surface area (Å²) in [4.78, 5) is 22.5. The molecule has 13 heavy (non-hydrogen) atoms. The molecule has 3 nitrogen and oxygen atoms in total. The molecule has 1 unspecified atom stereocenters. The molecule has 0 aliphatic carbocycles. The Morgan fingerprint density at radius 3 is 3.15 bits per heavy atom. The van der Waals surface area contributed by atoms with E-state index in [0.29, 0.717) is 12.2 Å². The summed E-state index contributed by atoms with van der Waals surface area (Å²) in [5, 5.41) is 0. The van der Waals surface area contributed by atoms with Crippen LogP contribution >= 0.6 is 11.8 Å². The quantitative estimate of drug-likeness (QED) is 0.388. The van der Waals surface area contributed by atoms with E-state index < -0.39 is 11.9 Å². The van der Waals surface area contributed by atoms with Gasteiger partial charge in [-0.1, -0.05) is 12.7 Å². The predicted molar refractivity (Wildman–Crippen MR) is 51.6 cm³/mol. The van der Waals surface area contributed by atoms with Crippen molar-refractivity contribution in [1.29, 1.82) is 0 Å². The smallest absolute Gasteiger partial charge is 0.317 e.